The van der Waals surface area contributed by atoms with Crippen molar-refractivity contribution in [2.75, 3.05) is 11.9 Å². The monoisotopic (exact) mass is 245 g/mol. The van der Waals surface area contributed by atoms with Gasteiger partial charge < -0.3 is 14.6 Å². The summed E-state index contributed by atoms with van der Waals surface area (Å²) < 4.78 is 10.5. The predicted molar refractivity (Wildman–Crippen MR) is 63.2 cm³/mol. The zero-order chi connectivity index (χ0) is 12.5. The van der Waals surface area contributed by atoms with Crippen LogP contribution in [0.15, 0.2) is 22.7 Å². The van der Waals surface area contributed by atoms with E-state index < -0.39 is 0 Å². The van der Waals surface area contributed by atoms with Crippen LogP contribution < -0.4 is 10.1 Å². The van der Waals surface area contributed by atoms with Gasteiger partial charge in [0, 0.05) is 5.56 Å². The molecule has 0 saturated carbocycles. The van der Waals surface area contributed by atoms with Gasteiger partial charge in [-0.1, -0.05) is 5.16 Å². The molecule has 2 aromatic rings. The number of benzene rings is 1. The molecule has 18 heavy (non-hydrogen) atoms. The lowest BCUT2D eigenvalue weighted by Crippen LogP contribution is -2.10. The van der Waals surface area contributed by atoms with Crippen molar-refractivity contribution < 1.29 is 14.1 Å². The van der Waals surface area contributed by atoms with Crippen molar-refractivity contribution in [1.29, 1.82) is 0 Å². The Morgan fingerprint density at radius 2 is 2.28 bits per heavy atom. The molecule has 1 aliphatic heterocycles. The Balaban J connectivity index is 2.02. The van der Waals surface area contributed by atoms with Gasteiger partial charge >= 0.3 is 0 Å². The number of nitrogens with one attached hydrogen (secondary N) is 1. The maximum absolute atomic E-state index is 11.5. The third-order valence-electron chi connectivity index (χ3n) is 2.61. The number of rotatable bonds is 1. The van der Waals surface area contributed by atoms with E-state index in [1.807, 2.05) is 6.07 Å². The molecule has 0 aliphatic carbocycles. The second-order valence-corrected chi connectivity index (χ2v) is 4.00. The molecule has 6 nitrogen and oxygen atoms in total. The maximum atomic E-state index is 11.5. The molecule has 0 bridgehead atoms. The smallest absolute Gasteiger partial charge is 0.257 e. The van der Waals surface area contributed by atoms with Crippen molar-refractivity contribution in [3.8, 4) is 17.2 Å². The number of aromatic nitrogens is 2. The molecular weight excluding hydrogens is 234 g/mol. The molecule has 0 atom stereocenters. The predicted octanol–water partition coefficient (Wildman–Crippen LogP) is 1.77. The second-order valence-electron chi connectivity index (χ2n) is 4.00. The van der Waals surface area contributed by atoms with E-state index in [4.69, 9.17) is 9.26 Å². The molecule has 0 fully saturated rings. The standard InChI is InChI=1S/C12H11N3O3/c1-7-13-12(18-15-7)8-2-3-10-9(6-8)14-11(16)4-5-17-10/h2-3,6H,4-5H2,1H3,(H,14,16). The number of ether oxygens (including phenoxy) is 1. The van der Waals surface area contributed by atoms with Gasteiger partial charge in [-0.05, 0) is 25.1 Å². The van der Waals surface area contributed by atoms with E-state index in [0.29, 0.717) is 36.2 Å². The normalized spacial score (nSPS) is 14.4. The number of hydrogen-bond donors (Lipinski definition) is 1. The molecule has 3 rings (SSSR count). The van der Waals surface area contributed by atoms with Crippen LogP contribution in [0.2, 0.25) is 0 Å². The lowest BCUT2D eigenvalue weighted by molar-refractivity contribution is -0.116. The average molecular weight is 245 g/mol. The fourth-order valence-electron chi connectivity index (χ4n) is 1.77. The lowest BCUT2D eigenvalue weighted by Gasteiger charge is -2.07. The number of anilines is 1. The third-order valence-corrected chi connectivity index (χ3v) is 2.61. The first-order chi connectivity index (χ1) is 8.72. The van der Waals surface area contributed by atoms with Crippen LogP contribution in [-0.2, 0) is 4.79 Å². The molecule has 1 N–H and O–H groups in total. The highest BCUT2D eigenvalue weighted by Crippen LogP contribution is 2.31. The molecule has 0 saturated heterocycles. The minimum Gasteiger partial charge on any atom is -0.491 e. The number of hydrogen-bond acceptors (Lipinski definition) is 5. The summed E-state index contributed by atoms with van der Waals surface area (Å²) in [4.78, 5) is 15.6. The molecule has 0 spiro atoms. The minimum atomic E-state index is -0.0624. The van der Waals surface area contributed by atoms with Crippen LogP contribution in [0.5, 0.6) is 5.75 Å². The molecule has 2 heterocycles. The first kappa shape index (κ1) is 10.8. The number of nitrogens with zero attached hydrogens (tertiary/aromatic N) is 2. The Hall–Kier alpha value is -2.37. The van der Waals surface area contributed by atoms with Crippen LogP contribution in [0.4, 0.5) is 5.69 Å². The van der Waals surface area contributed by atoms with Crippen molar-refractivity contribution >= 4 is 11.6 Å². The van der Waals surface area contributed by atoms with Crippen LogP contribution in [0.1, 0.15) is 12.2 Å². The van der Waals surface area contributed by atoms with Crippen molar-refractivity contribution in [3.05, 3.63) is 24.0 Å². The summed E-state index contributed by atoms with van der Waals surface area (Å²) in [7, 11) is 0. The molecule has 6 heteroatoms. The number of carbonyl (C=O) groups excluding carboxylic acids is 1. The number of amides is 1. The van der Waals surface area contributed by atoms with Gasteiger partial charge in [-0.2, -0.15) is 4.98 Å². The summed E-state index contributed by atoms with van der Waals surface area (Å²) in [6.45, 7) is 2.14. The summed E-state index contributed by atoms with van der Waals surface area (Å²) in [6, 6.07) is 5.38. The van der Waals surface area contributed by atoms with Gasteiger partial charge in [-0.15, -0.1) is 0 Å². The zero-order valence-corrected chi connectivity index (χ0v) is 9.77. The van der Waals surface area contributed by atoms with Gasteiger partial charge in [0.05, 0.1) is 18.7 Å². The molecule has 1 aromatic heterocycles. The van der Waals surface area contributed by atoms with Gasteiger partial charge in [-0.3, -0.25) is 4.79 Å². The molecule has 92 valence electrons. The maximum Gasteiger partial charge on any atom is 0.257 e. The highest BCUT2D eigenvalue weighted by molar-refractivity contribution is 5.93. The van der Waals surface area contributed by atoms with Crippen molar-refractivity contribution in [1.82, 2.24) is 10.1 Å². The Kier molecular flexibility index (Phi) is 2.47. The van der Waals surface area contributed by atoms with Gasteiger partial charge in [-0.25, -0.2) is 0 Å². The molecular formula is C12H11N3O3. The van der Waals surface area contributed by atoms with Crippen LogP contribution in [0.25, 0.3) is 11.5 Å². The number of fused-ring (bicyclic) bond motifs is 1. The molecule has 1 aromatic carbocycles. The van der Waals surface area contributed by atoms with Crippen LogP contribution in [-0.4, -0.2) is 22.7 Å². The van der Waals surface area contributed by atoms with Gasteiger partial charge in [0.2, 0.25) is 5.91 Å². The van der Waals surface area contributed by atoms with Crippen LogP contribution in [0, 0.1) is 6.92 Å². The Morgan fingerprint density at radius 3 is 3.06 bits per heavy atom. The SMILES string of the molecule is Cc1noc(-c2ccc3c(c2)NC(=O)CCO3)n1. The van der Waals surface area contributed by atoms with Crippen LogP contribution in [0.3, 0.4) is 0 Å². The topological polar surface area (TPSA) is 77.2 Å². The van der Waals surface area contributed by atoms with Gasteiger partial charge in [0.1, 0.15) is 5.75 Å². The summed E-state index contributed by atoms with van der Waals surface area (Å²) in [5.74, 6) is 1.59. The quantitative estimate of drug-likeness (QED) is 0.828. The number of carbonyl (C=O) groups is 1. The Morgan fingerprint density at radius 1 is 1.39 bits per heavy atom. The van der Waals surface area contributed by atoms with Crippen LogP contribution >= 0.6 is 0 Å². The minimum absolute atomic E-state index is 0.0624. The van der Waals surface area contributed by atoms with Crippen molar-refractivity contribution in [3.63, 3.8) is 0 Å². The zero-order valence-electron chi connectivity index (χ0n) is 9.77. The number of aryl methyl sites for hydroxylation is 1. The van der Waals surface area contributed by atoms with E-state index in [0.717, 1.165) is 5.56 Å². The second kappa shape index (κ2) is 4.14. The van der Waals surface area contributed by atoms with E-state index >= 15 is 0 Å². The largest absolute Gasteiger partial charge is 0.491 e. The fraction of sp³-hybridized carbons (Fsp3) is 0.250. The van der Waals surface area contributed by atoms with Crippen molar-refractivity contribution in [2.24, 2.45) is 0 Å². The third kappa shape index (κ3) is 1.92. The first-order valence-corrected chi connectivity index (χ1v) is 5.60. The molecule has 1 amide bonds. The molecule has 1 aliphatic rings. The lowest BCUT2D eigenvalue weighted by atomic mass is 10.2. The van der Waals surface area contributed by atoms with Crippen molar-refractivity contribution in [2.45, 2.75) is 13.3 Å². The summed E-state index contributed by atoms with van der Waals surface area (Å²) in [6.07, 6.45) is 0.351. The van der Waals surface area contributed by atoms with E-state index in [1.165, 1.54) is 0 Å². The fourth-order valence-corrected chi connectivity index (χ4v) is 1.77. The van der Waals surface area contributed by atoms with Gasteiger partial charge in [0.15, 0.2) is 5.82 Å². The molecule has 0 unspecified atom stereocenters. The first-order valence-electron chi connectivity index (χ1n) is 5.60. The van der Waals surface area contributed by atoms with E-state index in [9.17, 15) is 4.79 Å². The Bertz CT molecular complexity index is 606. The van der Waals surface area contributed by atoms with Gasteiger partial charge in [0.25, 0.3) is 5.89 Å². The van der Waals surface area contributed by atoms with E-state index in [-0.39, 0.29) is 5.91 Å². The summed E-state index contributed by atoms with van der Waals surface area (Å²) in [5.41, 5.74) is 1.38. The molecule has 0 radical (unpaired) electrons. The van der Waals surface area contributed by atoms with E-state index in [2.05, 4.69) is 15.5 Å². The Labute approximate surface area is 103 Å². The summed E-state index contributed by atoms with van der Waals surface area (Å²) in [5, 5.41) is 6.52. The highest BCUT2D eigenvalue weighted by atomic mass is 16.5. The average Bonchev–Trinajstić information content (AvgIpc) is 2.69. The summed E-state index contributed by atoms with van der Waals surface area (Å²) >= 11 is 0. The highest BCUT2D eigenvalue weighted by Gasteiger charge is 2.16. The van der Waals surface area contributed by atoms with E-state index in [1.54, 1.807) is 19.1 Å².